The second-order valence-electron chi connectivity index (χ2n) is 5.51. The van der Waals surface area contributed by atoms with Crippen LogP contribution < -0.4 is 0 Å². The van der Waals surface area contributed by atoms with Crippen LogP contribution >= 0.6 is 0 Å². The molecular formula is C19H22N2O. The van der Waals surface area contributed by atoms with E-state index < -0.39 is 0 Å². The maximum absolute atomic E-state index is 12.1. The zero-order valence-electron chi connectivity index (χ0n) is 13.2. The van der Waals surface area contributed by atoms with Gasteiger partial charge >= 0.3 is 0 Å². The van der Waals surface area contributed by atoms with E-state index in [9.17, 15) is 4.79 Å². The Hall–Kier alpha value is -2.42. The molecule has 114 valence electrons. The lowest BCUT2D eigenvalue weighted by Gasteiger charge is -2.14. The molecule has 0 aromatic heterocycles. The topological polar surface area (TPSA) is 32.7 Å². The quantitative estimate of drug-likeness (QED) is 0.576. The van der Waals surface area contributed by atoms with E-state index in [0.29, 0.717) is 12.8 Å². The largest absolute Gasteiger partial charge is 0.299 e. The summed E-state index contributed by atoms with van der Waals surface area (Å²) in [5, 5.41) is 6.36. The molecule has 3 heteroatoms. The summed E-state index contributed by atoms with van der Waals surface area (Å²) in [6.45, 7) is 2.65. The second kappa shape index (κ2) is 8.13. The number of rotatable bonds is 7. The van der Waals surface area contributed by atoms with E-state index in [1.165, 1.54) is 5.56 Å². The smallest absolute Gasteiger partial charge is 0.142 e. The van der Waals surface area contributed by atoms with Gasteiger partial charge in [-0.25, -0.2) is 0 Å². The van der Waals surface area contributed by atoms with Crippen molar-refractivity contribution in [3.05, 3.63) is 71.8 Å². The van der Waals surface area contributed by atoms with Crippen LogP contribution in [0.4, 0.5) is 0 Å². The van der Waals surface area contributed by atoms with Crippen molar-refractivity contribution in [3.8, 4) is 0 Å². The van der Waals surface area contributed by atoms with E-state index in [4.69, 9.17) is 0 Å². The Balaban J connectivity index is 1.85. The molecule has 3 nitrogen and oxygen atoms in total. The van der Waals surface area contributed by atoms with Crippen LogP contribution in [0.5, 0.6) is 0 Å². The van der Waals surface area contributed by atoms with E-state index in [1.807, 2.05) is 67.5 Å². The standard InChI is InChI=1S/C19H22N2O/c1-16(13-19(22)14-17-9-5-3-6-10-17)20-21(2)15-18-11-7-4-8-12-18/h3-12H,13-15H2,1-2H3. The van der Waals surface area contributed by atoms with Crippen LogP contribution in [0.25, 0.3) is 0 Å². The Morgan fingerprint density at radius 1 is 0.955 bits per heavy atom. The summed E-state index contributed by atoms with van der Waals surface area (Å²) in [5.74, 6) is 0.195. The minimum absolute atomic E-state index is 0.195. The van der Waals surface area contributed by atoms with Gasteiger partial charge < -0.3 is 0 Å². The molecule has 0 aliphatic heterocycles. The fourth-order valence-corrected chi connectivity index (χ4v) is 2.38. The van der Waals surface area contributed by atoms with Crippen LogP contribution in [0.3, 0.4) is 0 Å². The predicted octanol–water partition coefficient (Wildman–Crippen LogP) is 3.70. The number of hydrogen-bond acceptors (Lipinski definition) is 3. The van der Waals surface area contributed by atoms with Crippen LogP contribution in [0.1, 0.15) is 24.5 Å². The van der Waals surface area contributed by atoms with Gasteiger partial charge in [-0.15, -0.1) is 0 Å². The highest BCUT2D eigenvalue weighted by Crippen LogP contribution is 2.05. The lowest BCUT2D eigenvalue weighted by atomic mass is 10.1. The van der Waals surface area contributed by atoms with Crippen molar-refractivity contribution in [2.45, 2.75) is 26.3 Å². The van der Waals surface area contributed by atoms with Gasteiger partial charge in [0.25, 0.3) is 0 Å². The summed E-state index contributed by atoms with van der Waals surface area (Å²) in [4.78, 5) is 12.1. The highest BCUT2D eigenvalue weighted by Gasteiger charge is 2.06. The maximum Gasteiger partial charge on any atom is 0.142 e. The SMILES string of the molecule is CC(CC(=O)Cc1ccccc1)=NN(C)Cc1ccccc1. The number of benzene rings is 2. The number of carbonyl (C=O) groups excluding carboxylic acids is 1. The predicted molar refractivity (Wildman–Crippen MR) is 90.8 cm³/mol. The Kier molecular flexibility index (Phi) is 5.90. The molecule has 0 aliphatic rings. The third kappa shape index (κ3) is 5.52. The van der Waals surface area contributed by atoms with Gasteiger partial charge in [0, 0.05) is 25.6 Å². The van der Waals surface area contributed by atoms with E-state index in [0.717, 1.165) is 17.8 Å². The highest BCUT2D eigenvalue weighted by atomic mass is 16.1. The molecular weight excluding hydrogens is 272 g/mol. The molecule has 0 spiro atoms. The monoisotopic (exact) mass is 294 g/mol. The van der Waals surface area contributed by atoms with Crippen LogP contribution in [0, 0.1) is 0 Å². The normalized spacial score (nSPS) is 11.3. The summed E-state index contributed by atoms with van der Waals surface area (Å²) < 4.78 is 0. The number of carbonyl (C=O) groups is 1. The van der Waals surface area contributed by atoms with Crippen molar-refractivity contribution in [2.24, 2.45) is 5.10 Å². The van der Waals surface area contributed by atoms with Gasteiger partial charge in [0.2, 0.25) is 0 Å². The lowest BCUT2D eigenvalue weighted by molar-refractivity contribution is -0.117. The van der Waals surface area contributed by atoms with Gasteiger partial charge in [0.1, 0.15) is 5.78 Å². The van der Waals surface area contributed by atoms with Gasteiger partial charge in [0.15, 0.2) is 0 Å². The number of ketones is 1. The summed E-state index contributed by atoms with van der Waals surface area (Å²) in [6.07, 6.45) is 0.865. The highest BCUT2D eigenvalue weighted by molar-refractivity contribution is 6.01. The molecule has 0 amide bonds. The Morgan fingerprint density at radius 2 is 1.50 bits per heavy atom. The summed E-state index contributed by atoms with van der Waals surface area (Å²) in [7, 11) is 1.93. The minimum Gasteiger partial charge on any atom is -0.299 e. The third-order valence-corrected chi connectivity index (χ3v) is 3.29. The zero-order chi connectivity index (χ0) is 15.8. The molecule has 2 rings (SSSR count). The first-order chi connectivity index (χ1) is 10.6. The summed E-state index contributed by atoms with van der Waals surface area (Å²) >= 11 is 0. The molecule has 0 N–H and O–H groups in total. The average Bonchev–Trinajstić information content (AvgIpc) is 2.48. The van der Waals surface area contributed by atoms with Crippen molar-refractivity contribution >= 4 is 11.5 Å². The Labute approximate surface area is 132 Å². The fourth-order valence-electron chi connectivity index (χ4n) is 2.38. The lowest BCUT2D eigenvalue weighted by Crippen LogP contribution is -2.15. The zero-order valence-corrected chi connectivity index (χ0v) is 13.2. The molecule has 2 aromatic rings. The van der Waals surface area contributed by atoms with Crippen molar-refractivity contribution in [3.63, 3.8) is 0 Å². The van der Waals surface area contributed by atoms with Gasteiger partial charge in [0.05, 0.1) is 6.54 Å². The number of Topliss-reactive ketones (excluding diaryl/α,β-unsaturated/α-hetero) is 1. The van der Waals surface area contributed by atoms with Crippen LogP contribution in [0.2, 0.25) is 0 Å². The molecule has 0 saturated heterocycles. The first kappa shape index (κ1) is 16.0. The third-order valence-electron chi connectivity index (χ3n) is 3.29. The van der Waals surface area contributed by atoms with Gasteiger partial charge in [-0.1, -0.05) is 60.7 Å². The average molecular weight is 294 g/mol. The molecule has 0 unspecified atom stereocenters. The minimum atomic E-state index is 0.195. The molecule has 0 aliphatic carbocycles. The summed E-state index contributed by atoms with van der Waals surface area (Å²) in [6, 6.07) is 20.0. The van der Waals surface area contributed by atoms with E-state index in [1.54, 1.807) is 0 Å². The van der Waals surface area contributed by atoms with Gasteiger partial charge in [-0.2, -0.15) is 5.10 Å². The maximum atomic E-state index is 12.1. The molecule has 22 heavy (non-hydrogen) atoms. The van der Waals surface area contributed by atoms with E-state index >= 15 is 0 Å². The van der Waals surface area contributed by atoms with Crippen molar-refractivity contribution in [1.82, 2.24) is 5.01 Å². The molecule has 2 aromatic carbocycles. The van der Waals surface area contributed by atoms with Crippen LogP contribution in [-0.4, -0.2) is 23.6 Å². The molecule has 0 bridgehead atoms. The first-order valence-corrected chi connectivity index (χ1v) is 7.48. The molecule has 0 heterocycles. The number of hydrazone groups is 1. The fraction of sp³-hybridized carbons (Fsp3) is 0.263. The second-order valence-corrected chi connectivity index (χ2v) is 5.51. The molecule has 0 atom stereocenters. The van der Waals surface area contributed by atoms with E-state index in [2.05, 4.69) is 17.2 Å². The van der Waals surface area contributed by atoms with Gasteiger partial charge in [-0.3, -0.25) is 9.80 Å². The molecule has 0 fully saturated rings. The van der Waals surface area contributed by atoms with E-state index in [-0.39, 0.29) is 5.78 Å². The Bertz CT molecular complexity index is 620. The van der Waals surface area contributed by atoms with Crippen LogP contribution in [0.15, 0.2) is 65.8 Å². The molecule has 0 saturated carbocycles. The molecule has 0 radical (unpaired) electrons. The van der Waals surface area contributed by atoms with Crippen LogP contribution in [-0.2, 0) is 17.8 Å². The summed E-state index contributed by atoms with van der Waals surface area (Å²) in [5.41, 5.74) is 3.11. The van der Waals surface area contributed by atoms with Crippen molar-refractivity contribution in [2.75, 3.05) is 7.05 Å². The van der Waals surface area contributed by atoms with Gasteiger partial charge in [-0.05, 0) is 18.1 Å². The van der Waals surface area contributed by atoms with Crippen molar-refractivity contribution < 1.29 is 4.79 Å². The Morgan fingerprint density at radius 3 is 2.09 bits per heavy atom. The number of hydrogen-bond donors (Lipinski definition) is 0. The first-order valence-electron chi connectivity index (χ1n) is 7.48. The van der Waals surface area contributed by atoms with Crippen molar-refractivity contribution in [1.29, 1.82) is 0 Å². The number of nitrogens with zero attached hydrogens (tertiary/aromatic N) is 2.